The number of nitrogens with one attached hydrogen (secondary N) is 1. The van der Waals surface area contributed by atoms with Crippen LogP contribution in [0, 0.1) is 17.7 Å². The van der Waals surface area contributed by atoms with E-state index in [4.69, 9.17) is 11.6 Å². The van der Waals surface area contributed by atoms with Gasteiger partial charge in [-0.2, -0.15) is 0 Å². The summed E-state index contributed by atoms with van der Waals surface area (Å²) < 4.78 is 12.8. The maximum atomic E-state index is 12.8. The molecule has 122 valence electrons. The Kier molecular flexibility index (Phi) is 5.69. The Bertz CT molecular complexity index is 766. The molecular weight excluding hydrogens is 321 g/mol. The highest BCUT2D eigenvalue weighted by Crippen LogP contribution is 2.24. The topological polar surface area (TPSA) is 12.0 Å². The van der Waals surface area contributed by atoms with E-state index in [1.807, 2.05) is 12.1 Å². The molecule has 1 N–H and O–H groups in total. The molecule has 2 aromatic rings. The molecule has 0 saturated carbocycles. The van der Waals surface area contributed by atoms with Crippen molar-refractivity contribution < 1.29 is 4.39 Å². The molecule has 1 aliphatic rings. The van der Waals surface area contributed by atoms with Gasteiger partial charge in [-0.3, -0.25) is 0 Å². The van der Waals surface area contributed by atoms with Gasteiger partial charge in [-0.05, 0) is 66.9 Å². The molecule has 0 bridgehead atoms. The summed E-state index contributed by atoms with van der Waals surface area (Å²) in [4.78, 5) is 0. The lowest BCUT2D eigenvalue weighted by Gasteiger charge is -2.22. The standard InChI is InChI=1S/C21H19ClFN/c22-19-9-7-17(8-10-19)18-13-14-24-21(15-18)4-2-1-3-16-5-11-20(23)12-6-16/h5-12,15,21,24H,2,4,13-14H2. The van der Waals surface area contributed by atoms with Crippen molar-refractivity contribution in [1.29, 1.82) is 0 Å². The minimum absolute atomic E-state index is 0.230. The van der Waals surface area contributed by atoms with E-state index in [0.717, 1.165) is 36.4 Å². The van der Waals surface area contributed by atoms with Crippen LogP contribution < -0.4 is 5.32 Å². The largest absolute Gasteiger partial charge is 0.310 e. The summed E-state index contributed by atoms with van der Waals surface area (Å²) in [6, 6.07) is 14.6. The van der Waals surface area contributed by atoms with Crippen LogP contribution >= 0.6 is 11.6 Å². The van der Waals surface area contributed by atoms with E-state index in [-0.39, 0.29) is 5.82 Å². The molecule has 1 atom stereocenters. The van der Waals surface area contributed by atoms with E-state index in [1.54, 1.807) is 12.1 Å². The van der Waals surface area contributed by atoms with Crippen LogP contribution in [-0.4, -0.2) is 12.6 Å². The van der Waals surface area contributed by atoms with Gasteiger partial charge in [0.25, 0.3) is 0 Å². The van der Waals surface area contributed by atoms with Gasteiger partial charge < -0.3 is 5.32 Å². The van der Waals surface area contributed by atoms with E-state index in [2.05, 4.69) is 35.4 Å². The Morgan fingerprint density at radius 3 is 2.58 bits per heavy atom. The van der Waals surface area contributed by atoms with Gasteiger partial charge in [0, 0.05) is 23.0 Å². The fraction of sp³-hybridized carbons (Fsp3) is 0.238. The molecule has 0 amide bonds. The van der Waals surface area contributed by atoms with E-state index >= 15 is 0 Å². The van der Waals surface area contributed by atoms with Gasteiger partial charge in [-0.15, -0.1) is 0 Å². The summed E-state index contributed by atoms with van der Waals surface area (Å²) >= 11 is 5.96. The predicted octanol–water partition coefficient (Wildman–Crippen LogP) is 5.06. The van der Waals surface area contributed by atoms with Crippen molar-refractivity contribution in [2.24, 2.45) is 0 Å². The number of halogens is 2. The molecule has 24 heavy (non-hydrogen) atoms. The lowest BCUT2D eigenvalue weighted by Crippen LogP contribution is -2.31. The normalized spacial score (nSPS) is 16.9. The average Bonchev–Trinajstić information content (AvgIpc) is 2.61. The molecule has 0 saturated heterocycles. The Hall–Kier alpha value is -2.08. The van der Waals surface area contributed by atoms with Crippen LogP contribution in [0.5, 0.6) is 0 Å². The number of hydrogen-bond donors (Lipinski definition) is 1. The minimum atomic E-state index is -0.230. The SMILES string of the molecule is Fc1ccc(C#CCCC2C=C(c3ccc(Cl)cc3)CCN2)cc1. The van der Waals surface area contributed by atoms with Gasteiger partial charge >= 0.3 is 0 Å². The predicted molar refractivity (Wildman–Crippen MR) is 98.3 cm³/mol. The molecule has 0 aliphatic carbocycles. The van der Waals surface area contributed by atoms with Crippen LogP contribution in [0.4, 0.5) is 4.39 Å². The lowest BCUT2D eigenvalue weighted by atomic mass is 9.95. The van der Waals surface area contributed by atoms with Crippen LogP contribution in [0.1, 0.15) is 30.4 Å². The second kappa shape index (κ2) is 8.15. The average molecular weight is 340 g/mol. The molecule has 0 radical (unpaired) electrons. The van der Waals surface area contributed by atoms with Gasteiger partial charge in [-0.1, -0.05) is 41.7 Å². The monoisotopic (exact) mass is 339 g/mol. The molecule has 1 unspecified atom stereocenters. The molecule has 2 aromatic carbocycles. The Balaban J connectivity index is 1.58. The number of rotatable bonds is 3. The smallest absolute Gasteiger partial charge is 0.123 e. The maximum absolute atomic E-state index is 12.8. The van der Waals surface area contributed by atoms with Crippen molar-refractivity contribution in [3.63, 3.8) is 0 Å². The highest BCUT2D eigenvalue weighted by atomic mass is 35.5. The summed E-state index contributed by atoms with van der Waals surface area (Å²) in [7, 11) is 0. The van der Waals surface area contributed by atoms with Crippen molar-refractivity contribution in [1.82, 2.24) is 5.32 Å². The van der Waals surface area contributed by atoms with Crippen molar-refractivity contribution in [2.75, 3.05) is 6.54 Å². The van der Waals surface area contributed by atoms with Crippen molar-refractivity contribution in [3.8, 4) is 11.8 Å². The Morgan fingerprint density at radius 1 is 1.08 bits per heavy atom. The minimum Gasteiger partial charge on any atom is -0.310 e. The summed E-state index contributed by atoms with van der Waals surface area (Å²) in [6.45, 7) is 0.977. The zero-order valence-electron chi connectivity index (χ0n) is 13.4. The third kappa shape index (κ3) is 4.71. The van der Waals surface area contributed by atoms with Crippen LogP contribution in [-0.2, 0) is 0 Å². The fourth-order valence-electron chi connectivity index (χ4n) is 2.79. The number of benzene rings is 2. The van der Waals surface area contributed by atoms with Crippen LogP contribution in [0.15, 0.2) is 54.6 Å². The maximum Gasteiger partial charge on any atom is 0.123 e. The van der Waals surface area contributed by atoms with Crippen molar-refractivity contribution in [3.05, 3.63) is 76.6 Å². The first kappa shape index (κ1) is 16.8. The molecule has 0 aromatic heterocycles. The Morgan fingerprint density at radius 2 is 1.83 bits per heavy atom. The summed E-state index contributed by atoms with van der Waals surface area (Å²) in [5.74, 6) is 6.02. The third-order valence-electron chi connectivity index (χ3n) is 4.08. The quantitative estimate of drug-likeness (QED) is 0.771. The molecule has 1 nitrogen and oxygen atoms in total. The second-order valence-electron chi connectivity index (χ2n) is 5.86. The number of hydrogen-bond acceptors (Lipinski definition) is 1. The second-order valence-corrected chi connectivity index (χ2v) is 6.29. The Labute approximate surface area is 147 Å². The van der Waals surface area contributed by atoms with E-state index in [0.29, 0.717) is 6.04 Å². The van der Waals surface area contributed by atoms with Crippen LogP contribution in [0.2, 0.25) is 5.02 Å². The third-order valence-corrected chi connectivity index (χ3v) is 4.33. The zero-order valence-corrected chi connectivity index (χ0v) is 14.1. The van der Waals surface area contributed by atoms with Crippen LogP contribution in [0.25, 0.3) is 5.57 Å². The molecular formula is C21H19ClFN. The molecule has 1 aliphatic heterocycles. The van der Waals surface area contributed by atoms with Crippen molar-refractivity contribution >= 4 is 17.2 Å². The van der Waals surface area contributed by atoms with Gasteiger partial charge in [0.1, 0.15) is 5.82 Å². The highest BCUT2D eigenvalue weighted by Gasteiger charge is 2.13. The van der Waals surface area contributed by atoms with E-state index in [1.165, 1.54) is 23.3 Å². The fourth-order valence-corrected chi connectivity index (χ4v) is 2.92. The summed E-state index contributed by atoms with van der Waals surface area (Å²) in [5, 5.41) is 4.28. The van der Waals surface area contributed by atoms with Crippen molar-refractivity contribution in [2.45, 2.75) is 25.3 Å². The molecule has 3 heteroatoms. The van der Waals surface area contributed by atoms with E-state index < -0.39 is 0 Å². The van der Waals surface area contributed by atoms with Crippen LogP contribution in [0.3, 0.4) is 0 Å². The molecule has 3 rings (SSSR count). The summed E-state index contributed by atoms with van der Waals surface area (Å²) in [6.07, 6.45) is 5.09. The molecule has 1 heterocycles. The first-order chi connectivity index (χ1) is 11.7. The zero-order chi connectivity index (χ0) is 16.8. The van der Waals surface area contributed by atoms with Gasteiger partial charge in [-0.25, -0.2) is 4.39 Å². The molecule has 0 fully saturated rings. The molecule has 0 spiro atoms. The summed E-state index contributed by atoms with van der Waals surface area (Å²) in [5.41, 5.74) is 3.45. The van der Waals surface area contributed by atoms with Gasteiger partial charge in [0.2, 0.25) is 0 Å². The first-order valence-corrected chi connectivity index (χ1v) is 8.53. The lowest BCUT2D eigenvalue weighted by molar-refractivity contribution is 0.555. The van der Waals surface area contributed by atoms with Gasteiger partial charge in [0.15, 0.2) is 0 Å². The highest BCUT2D eigenvalue weighted by molar-refractivity contribution is 6.30. The van der Waals surface area contributed by atoms with E-state index in [9.17, 15) is 4.39 Å². The van der Waals surface area contributed by atoms with Gasteiger partial charge in [0.05, 0.1) is 0 Å². The first-order valence-electron chi connectivity index (χ1n) is 8.15.